The number of likely N-dealkylation sites (tertiary alicyclic amines) is 1. The van der Waals surface area contributed by atoms with Gasteiger partial charge in [0.05, 0.1) is 30.8 Å². The van der Waals surface area contributed by atoms with Crippen molar-refractivity contribution in [2.75, 3.05) is 33.0 Å². The van der Waals surface area contributed by atoms with Crippen LogP contribution in [0, 0.1) is 11.7 Å². The average Bonchev–Trinajstić information content (AvgIpc) is 3.51. The fourth-order valence-electron chi connectivity index (χ4n) is 4.88. The minimum atomic E-state index is -0.360. The number of halogens is 1. The lowest BCUT2D eigenvalue weighted by molar-refractivity contribution is -0.150. The molecule has 35 heavy (non-hydrogen) atoms. The van der Waals surface area contributed by atoms with Crippen LogP contribution in [0.15, 0.2) is 47.6 Å². The first kappa shape index (κ1) is 23.3. The van der Waals surface area contributed by atoms with E-state index >= 15 is 0 Å². The maximum Gasteiger partial charge on any atom is 0.310 e. The topological polar surface area (TPSA) is 80.7 Å². The molecule has 1 fully saturated rings. The smallest absolute Gasteiger partial charge is 0.310 e. The Hall–Kier alpha value is -3.46. The molecule has 2 aromatic rings. The third-order valence-electron chi connectivity index (χ3n) is 6.59. The molecular formula is C26H28FN3O5. The molecule has 1 amide bonds. The van der Waals surface area contributed by atoms with E-state index in [1.165, 1.54) is 17.1 Å². The van der Waals surface area contributed by atoms with E-state index in [1.807, 2.05) is 23.1 Å². The lowest BCUT2D eigenvalue weighted by Crippen LogP contribution is -2.44. The molecular weight excluding hydrogens is 453 g/mol. The van der Waals surface area contributed by atoms with Crippen molar-refractivity contribution in [2.45, 2.75) is 32.2 Å². The number of hydrogen-bond donors (Lipinski definition) is 0. The highest BCUT2D eigenvalue weighted by atomic mass is 19.1. The minimum absolute atomic E-state index is 0.136. The molecule has 8 nitrogen and oxygen atoms in total. The number of hydrazone groups is 1. The highest BCUT2D eigenvalue weighted by Gasteiger charge is 2.36. The fraction of sp³-hybridized carbons (Fsp3) is 0.423. The van der Waals surface area contributed by atoms with Crippen LogP contribution in [-0.2, 0) is 14.3 Å². The van der Waals surface area contributed by atoms with Gasteiger partial charge in [-0.15, -0.1) is 0 Å². The summed E-state index contributed by atoms with van der Waals surface area (Å²) in [6.45, 7) is 3.64. The van der Waals surface area contributed by atoms with Crippen molar-refractivity contribution in [2.24, 2.45) is 11.0 Å². The zero-order valence-corrected chi connectivity index (χ0v) is 19.6. The van der Waals surface area contributed by atoms with E-state index in [9.17, 15) is 14.0 Å². The highest BCUT2D eigenvalue weighted by Crippen LogP contribution is 2.39. The molecule has 3 heterocycles. The summed E-state index contributed by atoms with van der Waals surface area (Å²) in [7, 11) is 0. The quantitative estimate of drug-likeness (QED) is 0.588. The number of ether oxygens (including phenoxy) is 3. The van der Waals surface area contributed by atoms with Crippen molar-refractivity contribution in [3.63, 3.8) is 0 Å². The van der Waals surface area contributed by atoms with Crippen LogP contribution in [0.5, 0.6) is 11.5 Å². The Balaban J connectivity index is 1.38. The van der Waals surface area contributed by atoms with Crippen molar-refractivity contribution in [3.8, 4) is 11.5 Å². The summed E-state index contributed by atoms with van der Waals surface area (Å²) in [6, 6.07) is 11.5. The maximum atomic E-state index is 13.9. The van der Waals surface area contributed by atoms with Crippen LogP contribution >= 0.6 is 0 Å². The summed E-state index contributed by atoms with van der Waals surface area (Å²) < 4.78 is 30.0. The first-order valence-corrected chi connectivity index (χ1v) is 12.0. The third kappa shape index (κ3) is 5.00. The molecule has 0 aliphatic carbocycles. The van der Waals surface area contributed by atoms with E-state index in [0.29, 0.717) is 42.3 Å². The number of benzene rings is 2. The number of hydrogen-bond acceptors (Lipinski definition) is 7. The van der Waals surface area contributed by atoms with Gasteiger partial charge in [0.2, 0.25) is 6.79 Å². The molecule has 2 aromatic carbocycles. The standard InChI is InChI=1S/C26H28FN3O5/c1-2-33-26(32)19-6-4-10-29(14-19)15-25(31)30-22(18-8-9-23-24(12-18)35-16-34-23)13-21(28-30)17-5-3-7-20(27)11-17/h3,5,7-9,11-12,19,22H,2,4,6,10,13-16H2,1H3/t19-,22+/m0/s1. The zero-order valence-electron chi connectivity index (χ0n) is 19.6. The van der Waals surface area contributed by atoms with Crippen LogP contribution in [0.3, 0.4) is 0 Å². The molecule has 1 saturated heterocycles. The van der Waals surface area contributed by atoms with Crippen LogP contribution in [0.25, 0.3) is 0 Å². The summed E-state index contributed by atoms with van der Waals surface area (Å²) in [5.74, 6) is 0.315. The van der Waals surface area contributed by atoms with Gasteiger partial charge in [-0.3, -0.25) is 14.5 Å². The molecule has 0 bridgehead atoms. The molecule has 3 aliphatic heterocycles. The molecule has 0 saturated carbocycles. The number of carbonyl (C=O) groups is 2. The molecule has 3 aliphatic rings. The predicted molar refractivity (Wildman–Crippen MR) is 126 cm³/mol. The van der Waals surface area contributed by atoms with E-state index in [4.69, 9.17) is 14.2 Å². The summed E-state index contributed by atoms with van der Waals surface area (Å²) in [6.07, 6.45) is 2.02. The fourth-order valence-corrected chi connectivity index (χ4v) is 4.88. The van der Waals surface area contributed by atoms with E-state index in [2.05, 4.69) is 5.10 Å². The Labute approximate surface area is 203 Å². The van der Waals surface area contributed by atoms with E-state index in [0.717, 1.165) is 24.9 Å². The van der Waals surface area contributed by atoms with Crippen LogP contribution in [-0.4, -0.2) is 60.5 Å². The number of esters is 1. The summed E-state index contributed by atoms with van der Waals surface area (Å²) >= 11 is 0. The van der Waals surface area contributed by atoms with Gasteiger partial charge < -0.3 is 14.2 Å². The molecule has 9 heteroatoms. The van der Waals surface area contributed by atoms with Gasteiger partial charge in [0.25, 0.3) is 5.91 Å². The number of rotatable bonds is 6. The lowest BCUT2D eigenvalue weighted by atomic mass is 9.97. The van der Waals surface area contributed by atoms with Crippen molar-refractivity contribution in [1.82, 2.24) is 9.91 Å². The van der Waals surface area contributed by atoms with Crippen molar-refractivity contribution < 1.29 is 28.2 Å². The van der Waals surface area contributed by atoms with Gasteiger partial charge in [0.15, 0.2) is 11.5 Å². The molecule has 2 atom stereocenters. The van der Waals surface area contributed by atoms with E-state index < -0.39 is 0 Å². The van der Waals surface area contributed by atoms with Gasteiger partial charge in [-0.05, 0) is 56.1 Å². The normalized spacial score (nSPS) is 21.7. The predicted octanol–water partition coefficient (Wildman–Crippen LogP) is 3.51. The van der Waals surface area contributed by atoms with Gasteiger partial charge >= 0.3 is 5.97 Å². The first-order valence-electron chi connectivity index (χ1n) is 12.0. The minimum Gasteiger partial charge on any atom is -0.466 e. The number of amides is 1. The Morgan fingerprint density at radius 1 is 1.17 bits per heavy atom. The van der Waals surface area contributed by atoms with Gasteiger partial charge in [-0.1, -0.05) is 18.2 Å². The summed E-state index contributed by atoms with van der Waals surface area (Å²) in [5, 5.41) is 6.13. The average molecular weight is 482 g/mol. The second-order valence-electron chi connectivity index (χ2n) is 8.95. The largest absolute Gasteiger partial charge is 0.466 e. The van der Waals surface area contributed by atoms with Crippen LogP contribution in [0.4, 0.5) is 4.39 Å². The van der Waals surface area contributed by atoms with Crippen LogP contribution < -0.4 is 9.47 Å². The summed E-state index contributed by atoms with van der Waals surface area (Å²) in [5.41, 5.74) is 2.15. The number of nitrogens with zero attached hydrogens (tertiary/aromatic N) is 3. The zero-order chi connectivity index (χ0) is 24.4. The number of carbonyl (C=O) groups excluding carboxylic acids is 2. The molecule has 5 rings (SSSR count). The van der Waals surface area contributed by atoms with Crippen molar-refractivity contribution >= 4 is 17.6 Å². The highest BCUT2D eigenvalue weighted by molar-refractivity contribution is 6.03. The van der Waals surface area contributed by atoms with Crippen LogP contribution in [0.1, 0.15) is 43.4 Å². The molecule has 0 spiro atoms. The maximum absolute atomic E-state index is 13.9. The van der Waals surface area contributed by atoms with Gasteiger partial charge in [0, 0.05) is 18.5 Å². The molecule has 0 N–H and O–H groups in total. The van der Waals surface area contributed by atoms with Gasteiger partial charge in [0.1, 0.15) is 5.82 Å². The Morgan fingerprint density at radius 3 is 2.86 bits per heavy atom. The SMILES string of the molecule is CCOC(=O)[C@H]1CCCN(CC(=O)N2N=C(c3cccc(F)c3)C[C@@H]2c2ccc3c(c2)OCO3)C1. The third-order valence-corrected chi connectivity index (χ3v) is 6.59. The monoisotopic (exact) mass is 481 g/mol. The van der Waals surface area contributed by atoms with Crippen molar-refractivity contribution in [3.05, 3.63) is 59.4 Å². The number of piperidine rings is 1. The second kappa shape index (κ2) is 10.0. The van der Waals surface area contributed by atoms with E-state index in [-0.39, 0.29) is 43.0 Å². The second-order valence-corrected chi connectivity index (χ2v) is 8.95. The Bertz CT molecular complexity index is 1150. The molecule has 0 radical (unpaired) electrons. The Kier molecular flexibility index (Phi) is 6.68. The Morgan fingerprint density at radius 2 is 2.03 bits per heavy atom. The van der Waals surface area contributed by atoms with Gasteiger partial charge in [-0.2, -0.15) is 5.10 Å². The van der Waals surface area contributed by atoms with Crippen LogP contribution in [0.2, 0.25) is 0 Å². The molecule has 184 valence electrons. The lowest BCUT2D eigenvalue weighted by Gasteiger charge is -2.32. The van der Waals surface area contributed by atoms with E-state index in [1.54, 1.807) is 19.1 Å². The van der Waals surface area contributed by atoms with Crippen molar-refractivity contribution in [1.29, 1.82) is 0 Å². The molecule has 0 aromatic heterocycles. The van der Waals surface area contributed by atoms with Gasteiger partial charge in [-0.25, -0.2) is 9.40 Å². The first-order chi connectivity index (χ1) is 17.0. The summed E-state index contributed by atoms with van der Waals surface area (Å²) in [4.78, 5) is 27.7. The number of fused-ring (bicyclic) bond motifs is 1. The molecule has 0 unspecified atom stereocenters.